The molecule has 0 saturated carbocycles. The largest absolute Gasteiger partial charge is 0.494 e. The van der Waals surface area contributed by atoms with Crippen LogP contribution in [0.1, 0.15) is 5.56 Å². The maximum atomic E-state index is 12.6. The van der Waals surface area contributed by atoms with E-state index in [9.17, 15) is 19.5 Å². The highest BCUT2D eigenvalue weighted by atomic mass is 16.3. The molecule has 0 saturated heterocycles. The van der Waals surface area contributed by atoms with Crippen LogP contribution < -0.4 is 16.1 Å². The van der Waals surface area contributed by atoms with Gasteiger partial charge in [-0.3, -0.25) is 24.8 Å². The Labute approximate surface area is 145 Å². The van der Waals surface area contributed by atoms with Gasteiger partial charge >= 0.3 is 0 Å². The fourth-order valence-corrected chi connectivity index (χ4v) is 3.39. The van der Waals surface area contributed by atoms with Gasteiger partial charge in [-0.1, -0.05) is 12.1 Å². The monoisotopic (exact) mass is 351 g/mol. The molecule has 0 amide bonds. The van der Waals surface area contributed by atoms with E-state index in [1.807, 2.05) is 0 Å². The van der Waals surface area contributed by atoms with Crippen molar-refractivity contribution in [3.05, 3.63) is 45.4 Å². The van der Waals surface area contributed by atoms with Crippen LogP contribution in [-0.4, -0.2) is 45.6 Å². The van der Waals surface area contributed by atoms with Crippen LogP contribution in [-0.2, 0) is 9.59 Å². The van der Waals surface area contributed by atoms with E-state index < -0.39 is 22.8 Å². The number of aliphatic hydroxyl groups excluding tert-OH is 1. The van der Waals surface area contributed by atoms with Gasteiger partial charge < -0.3 is 15.5 Å². The Bertz CT molecular complexity index is 1260. The molecular formula is C18H13N3O5. The van der Waals surface area contributed by atoms with E-state index in [2.05, 4.69) is 10.3 Å². The first-order valence-electron chi connectivity index (χ1n) is 7.83. The molecular weight excluding hydrogens is 338 g/mol. The summed E-state index contributed by atoms with van der Waals surface area (Å²) in [6.07, 6.45) is 0. The van der Waals surface area contributed by atoms with E-state index >= 15 is 0 Å². The molecule has 0 aliphatic heterocycles. The van der Waals surface area contributed by atoms with Gasteiger partial charge in [0, 0.05) is 28.1 Å². The van der Waals surface area contributed by atoms with E-state index in [-0.39, 0.29) is 40.9 Å². The second-order valence-electron chi connectivity index (χ2n) is 5.94. The van der Waals surface area contributed by atoms with Crippen molar-refractivity contribution in [1.29, 1.82) is 5.41 Å². The van der Waals surface area contributed by atoms with Gasteiger partial charge in [0.05, 0.1) is 17.7 Å². The number of carbonyl (C=O) groups excluding carboxylic acids is 2. The van der Waals surface area contributed by atoms with Gasteiger partial charge in [-0.25, -0.2) is 0 Å². The second-order valence-corrected chi connectivity index (χ2v) is 5.94. The molecule has 1 aliphatic rings. The number of Topliss-reactive ketones (excluding diaryl/α,β-unsaturated/α-hetero) is 2. The third-order valence-corrected chi connectivity index (χ3v) is 4.47. The molecule has 0 atom stereocenters. The number of carbonyl (C=O) groups is 2. The number of ketones is 2. The summed E-state index contributed by atoms with van der Waals surface area (Å²) < 4.78 is 0. The van der Waals surface area contributed by atoms with E-state index in [4.69, 9.17) is 10.5 Å². The van der Waals surface area contributed by atoms with Crippen molar-refractivity contribution in [3.63, 3.8) is 0 Å². The van der Waals surface area contributed by atoms with Gasteiger partial charge in [0.1, 0.15) is 5.71 Å². The number of aliphatic hydroxyl groups is 1. The number of fused-ring (bicyclic) bond motifs is 2. The summed E-state index contributed by atoms with van der Waals surface area (Å²) >= 11 is 0. The number of H-pyrrole nitrogens is 1. The van der Waals surface area contributed by atoms with Crippen LogP contribution in [0, 0.1) is 5.41 Å². The molecule has 3 aromatic rings. The molecule has 8 nitrogen and oxygen atoms in total. The fraction of sp³-hybridized carbons (Fsp3) is 0.111. The van der Waals surface area contributed by atoms with Crippen molar-refractivity contribution in [3.8, 4) is 5.88 Å². The number of benzene rings is 2. The number of aromatic nitrogens is 1. The van der Waals surface area contributed by atoms with Crippen molar-refractivity contribution < 1.29 is 19.8 Å². The number of nitrogens with one attached hydrogen (secondary N) is 3. The normalized spacial score (nSPS) is 14.3. The minimum Gasteiger partial charge on any atom is -0.494 e. The predicted octanol–water partition coefficient (Wildman–Crippen LogP) is -0.684. The zero-order valence-corrected chi connectivity index (χ0v) is 13.3. The Balaban J connectivity index is 2.34. The summed E-state index contributed by atoms with van der Waals surface area (Å²) in [5, 5.41) is 31.5. The molecule has 0 spiro atoms. The predicted molar refractivity (Wildman–Crippen MR) is 94.3 cm³/mol. The smallest absolute Gasteiger partial charge is 0.259 e. The van der Waals surface area contributed by atoms with Crippen molar-refractivity contribution in [2.75, 3.05) is 13.2 Å². The number of hydrogen-bond donors (Lipinski definition) is 5. The standard InChI is InChI=1S/C18H13N3O5/c19-13-9-6-7-2-1-3-8-10(7)12(18(26)21-17(8)25)11(9)14(20-4-5-22)16(24)15(13)23/h1-3,6,19-20,22H,4-5H2,(H2,21,25,26). The van der Waals surface area contributed by atoms with Crippen LogP contribution >= 0.6 is 0 Å². The number of aromatic amines is 1. The highest BCUT2D eigenvalue weighted by Gasteiger charge is 2.33. The quantitative estimate of drug-likeness (QED) is 0.395. The van der Waals surface area contributed by atoms with Crippen molar-refractivity contribution in [1.82, 2.24) is 10.3 Å². The van der Waals surface area contributed by atoms with Gasteiger partial charge in [0.15, 0.2) is 5.88 Å². The molecule has 0 fully saturated rings. The van der Waals surface area contributed by atoms with Crippen molar-refractivity contribution in [2.45, 2.75) is 0 Å². The molecule has 5 N–H and O–H groups in total. The SMILES string of the molecule is N=C1C(=O)C(=O)C(NCCO)=c2c1cc1cccc3c(O)[nH]c(=O)c2c13. The van der Waals surface area contributed by atoms with Crippen LogP contribution in [0.4, 0.5) is 0 Å². The lowest BCUT2D eigenvalue weighted by atomic mass is 9.87. The summed E-state index contributed by atoms with van der Waals surface area (Å²) in [5.74, 6) is -2.21. The van der Waals surface area contributed by atoms with Gasteiger partial charge in [-0.15, -0.1) is 0 Å². The lowest BCUT2D eigenvalue weighted by Crippen LogP contribution is -2.44. The lowest BCUT2D eigenvalue weighted by Gasteiger charge is -2.19. The molecule has 0 unspecified atom stereocenters. The molecule has 0 bridgehead atoms. The molecule has 1 aromatic heterocycles. The summed E-state index contributed by atoms with van der Waals surface area (Å²) in [6, 6.07) is 6.55. The Morgan fingerprint density at radius 2 is 1.88 bits per heavy atom. The van der Waals surface area contributed by atoms with Crippen molar-refractivity contribution in [2.24, 2.45) is 0 Å². The van der Waals surface area contributed by atoms with Gasteiger partial charge in [-0.2, -0.15) is 0 Å². The zero-order valence-electron chi connectivity index (χ0n) is 13.3. The van der Waals surface area contributed by atoms with Gasteiger partial charge in [0.2, 0.25) is 0 Å². The molecule has 0 radical (unpaired) electrons. The third-order valence-electron chi connectivity index (χ3n) is 4.47. The van der Waals surface area contributed by atoms with E-state index in [1.165, 1.54) is 0 Å². The van der Waals surface area contributed by atoms with Crippen LogP contribution in [0.3, 0.4) is 0 Å². The first-order valence-corrected chi connectivity index (χ1v) is 7.83. The van der Waals surface area contributed by atoms with E-state index in [0.717, 1.165) is 0 Å². The summed E-state index contributed by atoms with van der Waals surface area (Å²) in [4.78, 5) is 39.6. The average molecular weight is 351 g/mol. The highest BCUT2D eigenvalue weighted by Crippen LogP contribution is 2.29. The lowest BCUT2D eigenvalue weighted by molar-refractivity contribution is -0.129. The van der Waals surface area contributed by atoms with Crippen LogP contribution in [0.5, 0.6) is 5.88 Å². The molecule has 130 valence electrons. The molecule has 1 aliphatic carbocycles. The number of pyridine rings is 1. The van der Waals surface area contributed by atoms with E-state index in [0.29, 0.717) is 16.2 Å². The summed E-state index contributed by atoms with van der Waals surface area (Å²) in [5.41, 5.74) is -1.10. The van der Waals surface area contributed by atoms with Gasteiger partial charge in [0.25, 0.3) is 17.1 Å². The summed E-state index contributed by atoms with van der Waals surface area (Å²) in [7, 11) is 0. The first kappa shape index (κ1) is 16.0. The zero-order chi connectivity index (χ0) is 18.6. The Morgan fingerprint density at radius 3 is 2.62 bits per heavy atom. The third kappa shape index (κ3) is 1.99. The summed E-state index contributed by atoms with van der Waals surface area (Å²) in [6.45, 7) is -0.286. The average Bonchev–Trinajstić information content (AvgIpc) is 2.63. The fourth-order valence-electron chi connectivity index (χ4n) is 3.39. The highest BCUT2D eigenvalue weighted by molar-refractivity contribution is 6.75. The second kappa shape index (κ2) is 5.50. The molecule has 4 rings (SSSR count). The Morgan fingerprint density at radius 1 is 1.12 bits per heavy atom. The van der Waals surface area contributed by atoms with Gasteiger partial charge in [-0.05, 0) is 17.5 Å². The topological polar surface area (TPSA) is 143 Å². The van der Waals surface area contributed by atoms with Crippen LogP contribution in [0.2, 0.25) is 0 Å². The number of hydrogen-bond acceptors (Lipinski definition) is 7. The first-order chi connectivity index (χ1) is 12.5. The molecule has 8 heteroatoms. The minimum absolute atomic E-state index is 0.000749. The number of rotatable bonds is 3. The number of aromatic hydroxyl groups is 1. The molecule has 2 aromatic carbocycles. The molecule has 26 heavy (non-hydrogen) atoms. The minimum atomic E-state index is -0.980. The van der Waals surface area contributed by atoms with Crippen LogP contribution in [0.15, 0.2) is 29.1 Å². The molecule has 1 heterocycles. The van der Waals surface area contributed by atoms with E-state index in [1.54, 1.807) is 24.3 Å². The maximum Gasteiger partial charge on any atom is 0.259 e. The van der Waals surface area contributed by atoms with Crippen LogP contribution in [0.25, 0.3) is 27.2 Å². The maximum absolute atomic E-state index is 12.6. The Kier molecular flexibility index (Phi) is 3.38. The van der Waals surface area contributed by atoms with Crippen molar-refractivity contribution >= 4 is 44.5 Å². The Hall–Kier alpha value is -3.52.